The zero-order valence-corrected chi connectivity index (χ0v) is 11.5. The first-order valence-electron chi connectivity index (χ1n) is 6.59. The van der Waals surface area contributed by atoms with Crippen LogP contribution >= 0.6 is 0 Å². The van der Waals surface area contributed by atoms with Gasteiger partial charge in [-0.25, -0.2) is 0 Å². The summed E-state index contributed by atoms with van der Waals surface area (Å²) in [6.07, 6.45) is 0.666. The van der Waals surface area contributed by atoms with Gasteiger partial charge in [-0.2, -0.15) is 10.5 Å². The van der Waals surface area contributed by atoms with Gasteiger partial charge in [0.2, 0.25) is 0 Å². The Balaban J connectivity index is 1.78. The van der Waals surface area contributed by atoms with Gasteiger partial charge in [-0.1, -0.05) is 24.3 Å². The van der Waals surface area contributed by atoms with Crippen LogP contribution in [0.2, 0.25) is 0 Å². The Labute approximate surface area is 123 Å². The fraction of sp³-hybridized carbons (Fsp3) is 0.176. The average molecular weight is 278 g/mol. The third-order valence-electron chi connectivity index (χ3n) is 2.82. The van der Waals surface area contributed by atoms with E-state index in [1.54, 1.807) is 36.4 Å². The number of para-hydroxylation sites is 2. The molecule has 0 heterocycles. The molecule has 2 aromatic rings. The lowest BCUT2D eigenvalue weighted by atomic mass is 10.2. The Hall–Kier alpha value is -2.98. The normalized spacial score (nSPS) is 9.43. The Kier molecular flexibility index (Phi) is 5.20. The highest BCUT2D eigenvalue weighted by molar-refractivity contribution is 5.43. The van der Waals surface area contributed by atoms with E-state index in [1.165, 1.54) is 0 Å². The van der Waals surface area contributed by atoms with Crippen LogP contribution in [0.25, 0.3) is 0 Å². The van der Waals surface area contributed by atoms with Gasteiger partial charge in [0.15, 0.2) is 0 Å². The van der Waals surface area contributed by atoms with Crippen LogP contribution in [0.3, 0.4) is 0 Å². The van der Waals surface area contributed by atoms with Crippen molar-refractivity contribution in [2.45, 2.75) is 6.42 Å². The predicted molar refractivity (Wildman–Crippen MR) is 77.9 cm³/mol. The molecule has 0 unspecified atom stereocenters. The summed E-state index contributed by atoms with van der Waals surface area (Å²) in [5, 5.41) is 17.9. The first-order chi connectivity index (χ1) is 10.3. The molecule has 0 radical (unpaired) electrons. The minimum atomic E-state index is 0.452. The number of benzene rings is 2. The first kappa shape index (κ1) is 14.4. The minimum absolute atomic E-state index is 0.452. The van der Waals surface area contributed by atoms with Crippen LogP contribution < -0.4 is 9.47 Å². The number of nitrogens with zero attached hydrogens (tertiary/aromatic N) is 2. The Morgan fingerprint density at radius 2 is 1.14 bits per heavy atom. The summed E-state index contributed by atoms with van der Waals surface area (Å²) in [5.41, 5.74) is 1.04. The van der Waals surface area contributed by atoms with Gasteiger partial charge in [-0.15, -0.1) is 0 Å². The van der Waals surface area contributed by atoms with Gasteiger partial charge in [0.05, 0.1) is 24.3 Å². The second-order valence-corrected chi connectivity index (χ2v) is 4.27. The van der Waals surface area contributed by atoms with Crippen LogP contribution in [0, 0.1) is 22.7 Å². The molecule has 4 heteroatoms. The highest BCUT2D eigenvalue weighted by atomic mass is 16.5. The van der Waals surface area contributed by atoms with E-state index in [0.717, 1.165) is 0 Å². The highest BCUT2D eigenvalue weighted by Crippen LogP contribution is 2.18. The van der Waals surface area contributed by atoms with Gasteiger partial charge < -0.3 is 9.47 Å². The molecule has 0 atom stereocenters. The molecule has 0 fully saturated rings. The molecule has 4 nitrogen and oxygen atoms in total. The van der Waals surface area contributed by atoms with Crippen molar-refractivity contribution in [2.24, 2.45) is 0 Å². The molecule has 0 aliphatic rings. The molecule has 2 aromatic carbocycles. The summed E-state index contributed by atoms with van der Waals surface area (Å²) in [4.78, 5) is 0. The van der Waals surface area contributed by atoms with Crippen molar-refractivity contribution < 1.29 is 9.47 Å². The topological polar surface area (TPSA) is 66.0 Å². The first-order valence-corrected chi connectivity index (χ1v) is 6.59. The quantitative estimate of drug-likeness (QED) is 0.760. The third-order valence-corrected chi connectivity index (χ3v) is 2.82. The molecule has 0 spiro atoms. The molecule has 0 saturated carbocycles. The minimum Gasteiger partial charge on any atom is -0.492 e. The van der Waals surface area contributed by atoms with E-state index < -0.39 is 0 Å². The van der Waals surface area contributed by atoms with Gasteiger partial charge in [0.25, 0.3) is 0 Å². The van der Waals surface area contributed by atoms with Crippen molar-refractivity contribution in [1.29, 1.82) is 10.5 Å². The lowest BCUT2D eigenvalue weighted by Gasteiger charge is -2.09. The van der Waals surface area contributed by atoms with Crippen molar-refractivity contribution in [3.05, 3.63) is 59.7 Å². The van der Waals surface area contributed by atoms with E-state index in [9.17, 15) is 0 Å². The van der Waals surface area contributed by atoms with E-state index >= 15 is 0 Å². The Bertz CT molecular complexity index is 624. The van der Waals surface area contributed by atoms with Crippen LogP contribution in [0.5, 0.6) is 11.5 Å². The molecule has 21 heavy (non-hydrogen) atoms. The van der Waals surface area contributed by atoms with Crippen molar-refractivity contribution >= 4 is 0 Å². The predicted octanol–water partition coefficient (Wildman–Crippen LogP) is 3.28. The van der Waals surface area contributed by atoms with Gasteiger partial charge in [-0.05, 0) is 24.3 Å². The number of hydrogen-bond acceptors (Lipinski definition) is 4. The fourth-order valence-electron chi connectivity index (χ4n) is 1.79. The average Bonchev–Trinajstić information content (AvgIpc) is 2.55. The maximum absolute atomic E-state index is 8.94. The Morgan fingerprint density at radius 3 is 1.57 bits per heavy atom. The summed E-state index contributed by atoms with van der Waals surface area (Å²) < 4.78 is 11.1. The van der Waals surface area contributed by atoms with E-state index in [2.05, 4.69) is 12.1 Å². The van der Waals surface area contributed by atoms with E-state index in [-0.39, 0.29) is 0 Å². The van der Waals surface area contributed by atoms with Crippen molar-refractivity contribution in [2.75, 3.05) is 13.2 Å². The molecule has 0 aliphatic heterocycles. The molecule has 0 aliphatic carbocycles. The molecule has 2 rings (SSSR count). The molecular weight excluding hydrogens is 264 g/mol. The van der Waals surface area contributed by atoms with Gasteiger partial charge in [0.1, 0.15) is 23.6 Å². The van der Waals surface area contributed by atoms with Crippen molar-refractivity contribution in [3.63, 3.8) is 0 Å². The SMILES string of the molecule is N#Cc1ccccc1OCCCOc1ccccc1C#N. The van der Waals surface area contributed by atoms with Gasteiger partial charge in [-0.3, -0.25) is 0 Å². The Morgan fingerprint density at radius 1 is 0.714 bits per heavy atom. The molecule has 0 bridgehead atoms. The second kappa shape index (κ2) is 7.57. The molecule has 0 saturated heterocycles. The summed E-state index contributed by atoms with van der Waals surface area (Å²) >= 11 is 0. The highest BCUT2D eigenvalue weighted by Gasteiger charge is 2.03. The largest absolute Gasteiger partial charge is 0.492 e. The van der Waals surface area contributed by atoms with Crippen LogP contribution in [-0.2, 0) is 0 Å². The lowest BCUT2D eigenvalue weighted by molar-refractivity contribution is 0.247. The molecule has 0 amide bonds. The summed E-state index contributed by atoms with van der Waals surface area (Å²) in [6.45, 7) is 0.904. The van der Waals surface area contributed by atoms with E-state index in [4.69, 9.17) is 20.0 Å². The van der Waals surface area contributed by atoms with E-state index in [0.29, 0.717) is 42.3 Å². The van der Waals surface area contributed by atoms with E-state index in [1.807, 2.05) is 12.1 Å². The van der Waals surface area contributed by atoms with Crippen LogP contribution in [0.4, 0.5) is 0 Å². The van der Waals surface area contributed by atoms with Crippen molar-refractivity contribution in [3.8, 4) is 23.6 Å². The standard InChI is InChI=1S/C17H14N2O2/c18-12-14-6-1-3-8-16(14)20-10-5-11-21-17-9-4-2-7-15(17)13-19/h1-4,6-9H,5,10-11H2. The molecule has 0 aromatic heterocycles. The van der Waals surface area contributed by atoms with Crippen LogP contribution in [-0.4, -0.2) is 13.2 Å². The summed E-state index contributed by atoms with van der Waals surface area (Å²) in [7, 11) is 0. The zero-order valence-electron chi connectivity index (χ0n) is 11.5. The summed E-state index contributed by atoms with van der Waals surface area (Å²) in [6, 6.07) is 18.4. The zero-order chi connectivity index (χ0) is 14.9. The maximum Gasteiger partial charge on any atom is 0.137 e. The number of ether oxygens (including phenoxy) is 2. The molecule has 104 valence electrons. The second-order valence-electron chi connectivity index (χ2n) is 4.27. The number of nitriles is 2. The maximum atomic E-state index is 8.94. The fourth-order valence-corrected chi connectivity index (χ4v) is 1.79. The third kappa shape index (κ3) is 3.99. The smallest absolute Gasteiger partial charge is 0.137 e. The van der Waals surface area contributed by atoms with Crippen molar-refractivity contribution in [1.82, 2.24) is 0 Å². The monoisotopic (exact) mass is 278 g/mol. The number of rotatable bonds is 6. The number of hydrogen-bond donors (Lipinski definition) is 0. The van der Waals surface area contributed by atoms with Crippen LogP contribution in [0.1, 0.15) is 17.5 Å². The van der Waals surface area contributed by atoms with Gasteiger partial charge in [0, 0.05) is 6.42 Å². The van der Waals surface area contributed by atoms with Gasteiger partial charge >= 0.3 is 0 Å². The lowest BCUT2D eigenvalue weighted by Crippen LogP contribution is -2.06. The molecule has 0 N–H and O–H groups in total. The summed E-state index contributed by atoms with van der Waals surface area (Å²) in [5.74, 6) is 1.16. The molecular formula is C17H14N2O2. The van der Waals surface area contributed by atoms with Crippen LogP contribution in [0.15, 0.2) is 48.5 Å².